The van der Waals surface area contributed by atoms with E-state index in [1.54, 1.807) is 0 Å². The van der Waals surface area contributed by atoms with Gasteiger partial charge in [-0.05, 0) is 42.8 Å². The quantitative estimate of drug-likeness (QED) is 0.898. The first-order chi connectivity index (χ1) is 10.7. The third-order valence-corrected chi connectivity index (χ3v) is 4.48. The average Bonchev–Trinajstić information content (AvgIpc) is 2.44. The number of benzene rings is 2. The van der Waals surface area contributed by atoms with Crippen LogP contribution in [0.3, 0.4) is 0 Å². The van der Waals surface area contributed by atoms with Crippen molar-refractivity contribution >= 4 is 27.3 Å². The smallest absolute Gasteiger partial charge is 0.262 e. The molecule has 0 aliphatic rings. The number of nitrogens with one attached hydrogen (secondary N) is 2. The summed E-state index contributed by atoms with van der Waals surface area (Å²) in [5.74, 6) is -1.92. The highest BCUT2D eigenvalue weighted by Crippen LogP contribution is 2.24. The van der Waals surface area contributed by atoms with Crippen LogP contribution in [-0.2, 0) is 14.8 Å². The van der Waals surface area contributed by atoms with E-state index in [1.807, 2.05) is 0 Å². The van der Waals surface area contributed by atoms with Crippen molar-refractivity contribution in [1.29, 1.82) is 0 Å². The molecule has 0 bridgehead atoms. The van der Waals surface area contributed by atoms with Gasteiger partial charge in [-0.1, -0.05) is 6.07 Å². The molecule has 0 atom stereocenters. The van der Waals surface area contributed by atoms with E-state index in [0.29, 0.717) is 5.56 Å². The number of rotatable bonds is 4. The fraction of sp³-hybridized carbons (Fsp3) is 0.133. The van der Waals surface area contributed by atoms with Crippen LogP contribution in [0.2, 0.25) is 0 Å². The number of amides is 1. The summed E-state index contributed by atoms with van der Waals surface area (Å²) < 4.78 is 53.8. The Kier molecular flexibility index (Phi) is 4.65. The lowest BCUT2D eigenvalue weighted by atomic mass is 10.2. The van der Waals surface area contributed by atoms with Crippen molar-refractivity contribution in [3.8, 4) is 0 Å². The number of sulfonamides is 1. The summed E-state index contributed by atoms with van der Waals surface area (Å²) >= 11 is 0. The van der Waals surface area contributed by atoms with Gasteiger partial charge in [0.25, 0.3) is 10.0 Å². The molecule has 0 radical (unpaired) electrons. The number of carbonyl (C=O) groups is 1. The van der Waals surface area contributed by atoms with Gasteiger partial charge < -0.3 is 5.32 Å². The van der Waals surface area contributed by atoms with E-state index in [4.69, 9.17) is 0 Å². The molecule has 0 unspecified atom stereocenters. The minimum Gasteiger partial charge on any atom is -0.326 e. The first-order valence-electron chi connectivity index (χ1n) is 6.55. The molecule has 2 aromatic carbocycles. The van der Waals surface area contributed by atoms with Gasteiger partial charge in [0.2, 0.25) is 5.91 Å². The molecular formula is C15H14F2N2O3S. The fourth-order valence-electron chi connectivity index (χ4n) is 1.95. The molecule has 2 aromatic rings. The highest BCUT2D eigenvalue weighted by atomic mass is 32.2. The van der Waals surface area contributed by atoms with E-state index in [2.05, 4.69) is 10.0 Å². The summed E-state index contributed by atoms with van der Waals surface area (Å²) in [6.45, 7) is 2.77. The Balaban J connectivity index is 2.40. The lowest BCUT2D eigenvalue weighted by Gasteiger charge is -2.12. The van der Waals surface area contributed by atoms with Gasteiger partial charge in [-0.25, -0.2) is 17.2 Å². The van der Waals surface area contributed by atoms with Crippen LogP contribution in [-0.4, -0.2) is 14.3 Å². The molecule has 0 aromatic heterocycles. The lowest BCUT2D eigenvalue weighted by molar-refractivity contribution is -0.114. The van der Waals surface area contributed by atoms with Crippen molar-refractivity contribution in [3.63, 3.8) is 0 Å². The van der Waals surface area contributed by atoms with Crippen LogP contribution in [0.4, 0.5) is 20.2 Å². The van der Waals surface area contributed by atoms with E-state index in [9.17, 15) is 22.0 Å². The maximum atomic E-state index is 13.8. The summed E-state index contributed by atoms with van der Waals surface area (Å²) in [4.78, 5) is 10.7. The molecule has 0 spiro atoms. The lowest BCUT2D eigenvalue weighted by Crippen LogP contribution is -2.16. The Morgan fingerprint density at radius 2 is 1.78 bits per heavy atom. The van der Waals surface area contributed by atoms with Crippen LogP contribution >= 0.6 is 0 Å². The van der Waals surface area contributed by atoms with E-state index in [-0.39, 0.29) is 22.2 Å². The molecule has 0 saturated carbocycles. The van der Waals surface area contributed by atoms with Gasteiger partial charge in [0.05, 0.1) is 10.6 Å². The molecule has 0 aliphatic heterocycles. The SMILES string of the molecule is CC(=O)Nc1ccc(F)c(NS(=O)(=O)c2cc(F)ccc2C)c1. The van der Waals surface area contributed by atoms with Gasteiger partial charge in [0.1, 0.15) is 11.6 Å². The van der Waals surface area contributed by atoms with Crippen molar-refractivity contribution < 1.29 is 22.0 Å². The average molecular weight is 340 g/mol. The van der Waals surface area contributed by atoms with Crippen molar-refractivity contribution in [2.45, 2.75) is 18.7 Å². The van der Waals surface area contributed by atoms with Crippen LogP contribution < -0.4 is 10.0 Å². The molecule has 2 rings (SSSR count). The van der Waals surface area contributed by atoms with Crippen molar-refractivity contribution in [3.05, 3.63) is 53.6 Å². The fourth-order valence-corrected chi connectivity index (χ4v) is 3.26. The maximum Gasteiger partial charge on any atom is 0.262 e. The Labute approximate surface area is 132 Å². The number of anilines is 2. The molecule has 0 saturated heterocycles. The third kappa shape index (κ3) is 4.04. The van der Waals surface area contributed by atoms with Gasteiger partial charge in [0.15, 0.2) is 0 Å². The van der Waals surface area contributed by atoms with E-state index >= 15 is 0 Å². The molecular weight excluding hydrogens is 326 g/mol. The minimum atomic E-state index is -4.18. The summed E-state index contributed by atoms with van der Waals surface area (Å²) in [5, 5.41) is 2.42. The summed E-state index contributed by atoms with van der Waals surface area (Å²) in [7, 11) is -4.18. The number of hydrogen-bond donors (Lipinski definition) is 2. The van der Waals surface area contributed by atoms with Gasteiger partial charge in [-0.3, -0.25) is 9.52 Å². The van der Waals surface area contributed by atoms with E-state index in [0.717, 1.165) is 24.3 Å². The predicted octanol–water partition coefficient (Wildman–Crippen LogP) is 3.03. The van der Waals surface area contributed by atoms with Crippen molar-refractivity contribution in [1.82, 2.24) is 0 Å². The second kappa shape index (κ2) is 6.33. The third-order valence-electron chi connectivity index (χ3n) is 2.97. The number of hydrogen-bond acceptors (Lipinski definition) is 3. The zero-order valence-electron chi connectivity index (χ0n) is 12.4. The number of carbonyl (C=O) groups excluding carboxylic acids is 1. The van der Waals surface area contributed by atoms with E-state index < -0.39 is 21.7 Å². The minimum absolute atomic E-state index is 0.229. The molecule has 122 valence electrons. The Morgan fingerprint density at radius 3 is 2.43 bits per heavy atom. The summed E-state index contributed by atoms with van der Waals surface area (Å²) in [5.41, 5.74) is 0.199. The van der Waals surface area contributed by atoms with E-state index in [1.165, 1.54) is 26.0 Å². The van der Waals surface area contributed by atoms with Crippen LogP contribution in [0.1, 0.15) is 12.5 Å². The van der Waals surface area contributed by atoms with Gasteiger partial charge >= 0.3 is 0 Å². The monoisotopic (exact) mass is 340 g/mol. The van der Waals surface area contributed by atoms with Crippen LogP contribution in [0, 0.1) is 18.6 Å². The predicted molar refractivity (Wildman–Crippen MR) is 82.6 cm³/mol. The number of halogens is 2. The molecule has 0 heterocycles. The first kappa shape index (κ1) is 16.9. The van der Waals surface area contributed by atoms with Crippen molar-refractivity contribution in [2.24, 2.45) is 0 Å². The van der Waals surface area contributed by atoms with Crippen LogP contribution in [0.5, 0.6) is 0 Å². The maximum absolute atomic E-state index is 13.8. The molecule has 23 heavy (non-hydrogen) atoms. The summed E-state index contributed by atoms with van der Waals surface area (Å²) in [6.07, 6.45) is 0. The Hall–Kier alpha value is -2.48. The highest BCUT2D eigenvalue weighted by molar-refractivity contribution is 7.92. The zero-order chi connectivity index (χ0) is 17.2. The zero-order valence-corrected chi connectivity index (χ0v) is 13.2. The Bertz CT molecular complexity index is 867. The second-order valence-electron chi connectivity index (χ2n) is 4.89. The molecule has 5 nitrogen and oxygen atoms in total. The molecule has 1 amide bonds. The van der Waals surface area contributed by atoms with Gasteiger partial charge in [-0.2, -0.15) is 0 Å². The van der Waals surface area contributed by atoms with Crippen LogP contribution in [0.15, 0.2) is 41.3 Å². The Morgan fingerprint density at radius 1 is 1.09 bits per heavy atom. The first-order valence-corrected chi connectivity index (χ1v) is 8.03. The molecule has 0 fully saturated rings. The summed E-state index contributed by atoms with van der Waals surface area (Å²) in [6, 6.07) is 6.75. The highest BCUT2D eigenvalue weighted by Gasteiger charge is 2.19. The second-order valence-corrected chi connectivity index (χ2v) is 6.54. The molecule has 8 heteroatoms. The topological polar surface area (TPSA) is 75.3 Å². The van der Waals surface area contributed by atoms with Crippen molar-refractivity contribution in [2.75, 3.05) is 10.0 Å². The molecule has 2 N–H and O–H groups in total. The van der Waals surface area contributed by atoms with Gasteiger partial charge in [-0.15, -0.1) is 0 Å². The van der Waals surface area contributed by atoms with Gasteiger partial charge in [0, 0.05) is 12.6 Å². The molecule has 0 aliphatic carbocycles. The standard InChI is InChI=1S/C15H14F2N2O3S/c1-9-3-4-11(16)7-15(9)23(21,22)19-14-8-12(18-10(2)20)5-6-13(14)17/h3-8,19H,1-2H3,(H,18,20). The number of aryl methyl sites for hydroxylation is 1. The largest absolute Gasteiger partial charge is 0.326 e. The van der Waals surface area contributed by atoms with Crippen LogP contribution in [0.25, 0.3) is 0 Å². The normalized spacial score (nSPS) is 11.1.